The molecule has 0 aliphatic rings. The first-order valence-corrected chi connectivity index (χ1v) is 7.33. The molecule has 16 heavy (non-hydrogen) atoms. The van der Waals surface area contributed by atoms with Gasteiger partial charge >= 0.3 is 0 Å². The molecule has 0 fully saturated rings. The van der Waals surface area contributed by atoms with Crippen molar-refractivity contribution >= 4 is 17.7 Å². The molecule has 3 nitrogen and oxygen atoms in total. The maximum atomic E-state index is 11.6. The number of carbonyl (C=O) groups is 1. The van der Waals surface area contributed by atoms with Gasteiger partial charge in [-0.1, -0.05) is 13.8 Å². The number of carbonyl (C=O) groups excluding carboxylic acids is 1. The van der Waals surface area contributed by atoms with Crippen molar-refractivity contribution in [1.82, 2.24) is 10.6 Å². The SMILES string of the molecule is CCC(CC)(CNC(=O)CCCNC)SC. The standard InChI is InChI=1S/C12H26N2OS/c1-5-12(6-2,16-4)10-14-11(15)8-7-9-13-3/h13H,5-10H2,1-4H3,(H,14,15). The van der Waals surface area contributed by atoms with E-state index in [1.165, 1.54) is 0 Å². The van der Waals surface area contributed by atoms with Crippen LogP contribution in [0.3, 0.4) is 0 Å². The fraction of sp³-hybridized carbons (Fsp3) is 0.917. The average molecular weight is 246 g/mol. The maximum absolute atomic E-state index is 11.6. The highest BCUT2D eigenvalue weighted by atomic mass is 32.2. The van der Waals surface area contributed by atoms with Gasteiger partial charge in [0.2, 0.25) is 5.91 Å². The highest BCUT2D eigenvalue weighted by molar-refractivity contribution is 8.00. The van der Waals surface area contributed by atoms with E-state index in [2.05, 4.69) is 30.7 Å². The second-order valence-electron chi connectivity index (χ2n) is 4.08. The topological polar surface area (TPSA) is 41.1 Å². The average Bonchev–Trinajstić information content (AvgIpc) is 2.32. The highest BCUT2D eigenvalue weighted by Crippen LogP contribution is 2.29. The maximum Gasteiger partial charge on any atom is 0.220 e. The summed E-state index contributed by atoms with van der Waals surface area (Å²) in [7, 11) is 1.91. The summed E-state index contributed by atoms with van der Waals surface area (Å²) < 4.78 is 0.221. The van der Waals surface area contributed by atoms with E-state index in [0.717, 1.165) is 32.4 Å². The van der Waals surface area contributed by atoms with Crippen molar-refractivity contribution in [1.29, 1.82) is 0 Å². The Balaban J connectivity index is 3.87. The lowest BCUT2D eigenvalue weighted by Gasteiger charge is -2.29. The smallest absolute Gasteiger partial charge is 0.220 e. The van der Waals surface area contributed by atoms with E-state index in [4.69, 9.17) is 0 Å². The molecule has 1 amide bonds. The van der Waals surface area contributed by atoms with E-state index in [1.54, 1.807) is 0 Å². The predicted molar refractivity (Wildman–Crippen MR) is 73.0 cm³/mol. The van der Waals surface area contributed by atoms with Crippen LogP contribution in [-0.2, 0) is 4.79 Å². The Labute approximate surface area is 104 Å². The predicted octanol–water partition coefficient (Wildman–Crippen LogP) is 2.02. The van der Waals surface area contributed by atoms with Gasteiger partial charge in [-0.3, -0.25) is 4.79 Å². The minimum atomic E-state index is 0.176. The molecule has 0 saturated heterocycles. The second-order valence-corrected chi connectivity index (χ2v) is 5.35. The molecule has 4 heteroatoms. The van der Waals surface area contributed by atoms with Gasteiger partial charge in [0.1, 0.15) is 0 Å². The van der Waals surface area contributed by atoms with Crippen molar-refractivity contribution in [2.24, 2.45) is 0 Å². The van der Waals surface area contributed by atoms with Crippen LogP contribution < -0.4 is 10.6 Å². The number of hydrogen-bond donors (Lipinski definition) is 2. The van der Waals surface area contributed by atoms with Crippen molar-refractivity contribution in [3.8, 4) is 0 Å². The van der Waals surface area contributed by atoms with Crippen molar-refractivity contribution < 1.29 is 4.79 Å². The highest BCUT2D eigenvalue weighted by Gasteiger charge is 2.25. The summed E-state index contributed by atoms with van der Waals surface area (Å²) in [6.45, 7) is 6.07. The van der Waals surface area contributed by atoms with Crippen molar-refractivity contribution in [2.75, 3.05) is 26.4 Å². The molecule has 0 aromatic heterocycles. The molecule has 0 heterocycles. The van der Waals surface area contributed by atoms with Crippen LogP contribution in [0.25, 0.3) is 0 Å². The van der Waals surface area contributed by atoms with Gasteiger partial charge in [-0.15, -0.1) is 0 Å². The summed E-state index contributed by atoms with van der Waals surface area (Å²) in [6.07, 6.45) is 5.86. The third-order valence-corrected chi connectivity index (χ3v) is 4.75. The van der Waals surface area contributed by atoms with E-state index in [0.29, 0.717) is 6.42 Å². The van der Waals surface area contributed by atoms with Crippen LogP contribution in [0.1, 0.15) is 39.5 Å². The first-order chi connectivity index (χ1) is 7.64. The molecule has 2 N–H and O–H groups in total. The summed E-state index contributed by atoms with van der Waals surface area (Å²) in [5, 5.41) is 6.09. The molecule has 0 unspecified atom stereocenters. The summed E-state index contributed by atoms with van der Waals surface area (Å²) in [4.78, 5) is 11.6. The summed E-state index contributed by atoms with van der Waals surface area (Å²) in [6, 6.07) is 0. The molecule has 96 valence electrons. The Kier molecular flexibility index (Phi) is 8.76. The van der Waals surface area contributed by atoms with Crippen molar-refractivity contribution in [2.45, 2.75) is 44.3 Å². The van der Waals surface area contributed by atoms with Gasteiger partial charge < -0.3 is 10.6 Å². The number of nitrogens with one attached hydrogen (secondary N) is 2. The molecule has 0 radical (unpaired) electrons. The van der Waals surface area contributed by atoms with Gasteiger partial charge in [-0.2, -0.15) is 11.8 Å². The first-order valence-electron chi connectivity index (χ1n) is 6.10. The largest absolute Gasteiger partial charge is 0.355 e. The van der Waals surface area contributed by atoms with E-state index >= 15 is 0 Å². The zero-order valence-corrected chi connectivity index (χ0v) is 11.9. The molecule has 0 aliphatic heterocycles. The fourth-order valence-corrected chi connectivity index (χ4v) is 2.43. The number of thioether (sulfide) groups is 1. The van der Waals surface area contributed by atoms with Crippen LogP contribution in [0, 0.1) is 0 Å². The second kappa shape index (κ2) is 8.88. The van der Waals surface area contributed by atoms with Gasteiger partial charge in [-0.25, -0.2) is 0 Å². The lowest BCUT2D eigenvalue weighted by molar-refractivity contribution is -0.121. The summed E-state index contributed by atoms with van der Waals surface area (Å²) in [5.74, 6) is 0.176. The van der Waals surface area contributed by atoms with E-state index < -0.39 is 0 Å². The monoisotopic (exact) mass is 246 g/mol. The molecule has 0 aromatic rings. The molecule has 0 aromatic carbocycles. The Morgan fingerprint density at radius 3 is 2.38 bits per heavy atom. The lowest BCUT2D eigenvalue weighted by atomic mass is 10.0. The quantitative estimate of drug-likeness (QED) is 0.612. The third-order valence-electron chi connectivity index (χ3n) is 3.16. The molecule has 0 spiro atoms. The van der Waals surface area contributed by atoms with Gasteiger partial charge in [0.05, 0.1) is 0 Å². The molecule has 0 atom stereocenters. The lowest BCUT2D eigenvalue weighted by Crippen LogP contribution is -2.39. The molecule has 0 saturated carbocycles. The number of hydrogen-bond acceptors (Lipinski definition) is 3. The third kappa shape index (κ3) is 5.75. The molecular formula is C12H26N2OS. The normalized spacial score (nSPS) is 11.5. The van der Waals surface area contributed by atoms with E-state index in [1.807, 2.05) is 18.8 Å². The summed E-state index contributed by atoms with van der Waals surface area (Å²) >= 11 is 1.86. The van der Waals surface area contributed by atoms with Gasteiger partial charge in [0, 0.05) is 17.7 Å². The van der Waals surface area contributed by atoms with Gasteiger partial charge in [0.15, 0.2) is 0 Å². The van der Waals surface area contributed by atoms with Crippen molar-refractivity contribution in [3.05, 3.63) is 0 Å². The molecule has 0 rings (SSSR count). The van der Waals surface area contributed by atoms with Crippen LogP contribution in [0.2, 0.25) is 0 Å². The minimum Gasteiger partial charge on any atom is -0.355 e. The summed E-state index contributed by atoms with van der Waals surface area (Å²) in [5.41, 5.74) is 0. The number of amides is 1. The van der Waals surface area contributed by atoms with Crippen LogP contribution in [-0.4, -0.2) is 37.0 Å². The van der Waals surface area contributed by atoms with E-state index in [-0.39, 0.29) is 10.7 Å². The Hall–Kier alpha value is -0.220. The minimum absolute atomic E-state index is 0.176. The Morgan fingerprint density at radius 2 is 1.94 bits per heavy atom. The molecule has 0 aliphatic carbocycles. The fourth-order valence-electron chi connectivity index (χ4n) is 1.63. The molecule has 0 bridgehead atoms. The zero-order valence-electron chi connectivity index (χ0n) is 11.1. The Bertz CT molecular complexity index is 185. The molecular weight excluding hydrogens is 220 g/mol. The van der Waals surface area contributed by atoms with Crippen LogP contribution in [0.5, 0.6) is 0 Å². The van der Waals surface area contributed by atoms with Gasteiger partial charge in [0.25, 0.3) is 0 Å². The van der Waals surface area contributed by atoms with E-state index in [9.17, 15) is 4.79 Å². The Morgan fingerprint density at radius 1 is 1.31 bits per heavy atom. The number of rotatable bonds is 9. The van der Waals surface area contributed by atoms with Crippen LogP contribution >= 0.6 is 11.8 Å². The van der Waals surface area contributed by atoms with Crippen molar-refractivity contribution in [3.63, 3.8) is 0 Å². The first kappa shape index (κ1) is 15.8. The van der Waals surface area contributed by atoms with Crippen LogP contribution in [0.15, 0.2) is 0 Å². The van der Waals surface area contributed by atoms with Gasteiger partial charge in [-0.05, 0) is 39.1 Å². The van der Waals surface area contributed by atoms with Crippen LogP contribution in [0.4, 0.5) is 0 Å². The zero-order chi connectivity index (χ0) is 12.4.